The van der Waals surface area contributed by atoms with E-state index >= 15 is 0 Å². The fourth-order valence-electron chi connectivity index (χ4n) is 4.64. The number of aromatic nitrogens is 3. The predicted molar refractivity (Wildman–Crippen MR) is 124 cm³/mol. The number of alkyl halides is 2. The highest BCUT2D eigenvalue weighted by Gasteiger charge is 2.47. The molecule has 15 heteroatoms. The minimum Gasteiger partial charge on any atom is -0.493 e. The summed E-state index contributed by atoms with van der Waals surface area (Å²) in [4.78, 5) is 29.9. The summed E-state index contributed by atoms with van der Waals surface area (Å²) in [7, 11) is -3.74. The first-order chi connectivity index (χ1) is 17.9. The second kappa shape index (κ2) is 9.08. The highest BCUT2D eigenvalue weighted by atomic mass is 32.2. The molecule has 10 nitrogen and oxygen atoms in total. The number of rotatable bonds is 5. The number of hydrogen-bond acceptors (Lipinski definition) is 7. The number of carbonyl (C=O) groups is 2. The third kappa shape index (κ3) is 4.57. The summed E-state index contributed by atoms with van der Waals surface area (Å²) in [6.07, 6.45) is -0.942. The third-order valence-electron chi connectivity index (χ3n) is 6.16. The van der Waals surface area contributed by atoms with Gasteiger partial charge in [-0.25, -0.2) is 26.0 Å². The molecular weight excluding hydrogens is 534 g/mol. The van der Waals surface area contributed by atoms with E-state index in [1.54, 1.807) is 0 Å². The fraction of sp³-hybridized carbons (Fsp3) is 0.304. The van der Waals surface area contributed by atoms with E-state index in [4.69, 9.17) is 4.74 Å². The first kappa shape index (κ1) is 25.6. The number of amides is 2. The first-order valence-electron chi connectivity index (χ1n) is 11.1. The van der Waals surface area contributed by atoms with Crippen LogP contribution in [0.5, 0.6) is 5.75 Å². The van der Waals surface area contributed by atoms with Gasteiger partial charge in [0.2, 0.25) is 5.91 Å². The van der Waals surface area contributed by atoms with Crippen LogP contribution in [0.3, 0.4) is 0 Å². The summed E-state index contributed by atoms with van der Waals surface area (Å²) in [5.74, 6) is -4.57. The third-order valence-corrected chi connectivity index (χ3v) is 6.95. The lowest BCUT2D eigenvalue weighted by molar-refractivity contribution is -0.113. The average molecular weight is 553 g/mol. The molecule has 0 unspecified atom stereocenters. The molecule has 0 saturated heterocycles. The predicted octanol–water partition coefficient (Wildman–Crippen LogP) is 2.57. The lowest BCUT2D eigenvalue weighted by atomic mass is 9.82. The molecular formula is C23H19F4N5O5S. The van der Waals surface area contributed by atoms with E-state index in [9.17, 15) is 35.6 Å². The van der Waals surface area contributed by atoms with Gasteiger partial charge in [-0.15, -0.1) is 0 Å². The van der Waals surface area contributed by atoms with Gasteiger partial charge in [0, 0.05) is 36.6 Å². The van der Waals surface area contributed by atoms with Crippen molar-refractivity contribution in [2.24, 2.45) is 0 Å². The normalized spacial score (nSPS) is 18.5. The van der Waals surface area contributed by atoms with Crippen LogP contribution in [0.25, 0.3) is 11.4 Å². The Labute approximate surface area is 212 Å². The van der Waals surface area contributed by atoms with Gasteiger partial charge in [-0.3, -0.25) is 19.3 Å². The zero-order valence-corrected chi connectivity index (χ0v) is 20.4. The minimum atomic E-state index is -3.74. The molecule has 0 radical (unpaired) electrons. The van der Waals surface area contributed by atoms with Crippen LogP contribution in [0.1, 0.15) is 34.5 Å². The van der Waals surface area contributed by atoms with Gasteiger partial charge >= 0.3 is 0 Å². The standard InChI is InChI=1S/C23H19F4N5O5S/c1-38(35,36)9-16(33)29-19-18(14-3-2-11(8-28-14)21(26)27)31-32-10-23(30-22(34)20(19)32)4-5-37-15-7-12(24)6-13(25)17(15)23/h2-3,6-8,21H,4-5,9-10H2,1H3,(H,29,33)(H,30,34)/t23-/m0/s1. The summed E-state index contributed by atoms with van der Waals surface area (Å²) in [6, 6.07) is 3.97. The zero-order chi connectivity index (χ0) is 27.4. The van der Waals surface area contributed by atoms with Gasteiger partial charge in [-0.2, -0.15) is 5.10 Å². The Kier molecular flexibility index (Phi) is 6.12. The van der Waals surface area contributed by atoms with Crippen molar-refractivity contribution in [1.29, 1.82) is 0 Å². The summed E-state index contributed by atoms with van der Waals surface area (Å²) in [5.41, 5.74) is -2.32. The number of hydrogen-bond donors (Lipinski definition) is 2. The topological polar surface area (TPSA) is 132 Å². The molecule has 1 aromatic carbocycles. The van der Waals surface area contributed by atoms with Crippen LogP contribution in [0.4, 0.5) is 23.2 Å². The fourth-order valence-corrected chi connectivity index (χ4v) is 5.18. The van der Waals surface area contributed by atoms with Gasteiger partial charge in [0.25, 0.3) is 12.3 Å². The molecule has 0 saturated carbocycles. The maximum Gasteiger partial charge on any atom is 0.272 e. The molecule has 0 aliphatic carbocycles. The van der Waals surface area contributed by atoms with Crippen molar-refractivity contribution >= 4 is 27.3 Å². The van der Waals surface area contributed by atoms with Gasteiger partial charge in [0.1, 0.15) is 34.5 Å². The number of carbonyl (C=O) groups excluding carboxylic acids is 2. The number of halogens is 4. The van der Waals surface area contributed by atoms with Gasteiger partial charge in [0.05, 0.1) is 29.9 Å². The number of pyridine rings is 1. The van der Waals surface area contributed by atoms with E-state index < -0.39 is 51.0 Å². The number of nitrogens with zero attached hydrogens (tertiary/aromatic N) is 3. The van der Waals surface area contributed by atoms with Crippen molar-refractivity contribution in [2.75, 3.05) is 23.9 Å². The Morgan fingerprint density at radius 2 is 2.05 bits per heavy atom. The largest absolute Gasteiger partial charge is 0.493 e. The first-order valence-corrected chi connectivity index (χ1v) is 13.2. The van der Waals surface area contributed by atoms with E-state index in [2.05, 4.69) is 20.7 Å². The van der Waals surface area contributed by atoms with Gasteiger partial charge in [0.15, 0.2) is 15.5 Å². The van der Waals surface area contributed by atoms with E-state index in [1.807, 2.05) is 0 Å². The molecule has 2 aliphatic heterocycles. The number of benzene rings is 1. The van der Waals surface area contributed by atoms with E-state index in [0.29, 0.717) is 6.07 Å². The van der Waals surface area contributed by atoms with Crippen molar-refractivity contribution in [3.63, 3.8) is 0 Å². The van der Waals surface area contributed by atoms with E-state index in [1.165, 1.54) is 10.7 Å². The minimum absolute atomic E-state index is 0.00781. The number of sulfone groups is 1. The SMILES string of the molecule is CS(=O)(=O)CC(=O)Nc1c(-c2ccc(C(F)F)cn2)nn2c1C(=O)N[C@@]1(CCOc3cc(F)cc(F)c31)C2. The van der Waals surface area contributed by atoms with E-state index in [-0.39, 0.29) is 59.2 Å². The molecule has 38 heavy (non-hydrogen) atoms. The molecule has 200 valence electrons. The number of nitrogens with one attached hydrogen (secondary N) is 2. The lowest BCUT2D eigenvalue weighted by Gasteiger charge is -2.42. The molecule has 2 amide bonds. The molecule has 2 N–H and O–H groups in total. The maximum absolute atomic E-state index is 15.0. The summed E-state index contributed by atoms with van der Waals surface area (Å²) >= 11 is 0. The molecule has 1 spiro atoms. The van der Waals surface area contributed by atoms with Crippen LogP contribution in [0, 0.1) is 11.6 Å². The Hall–Kier alpha value is -4.01. The smallest absolute Gasteiger partial charge is 0.272 e. The van der Waals surface area contributed by atoms with Crippen LogP contribution < -0.4 is 15.4 Å². The molecule has 2 aromatic heterocycles. The summed E-state index contributed by atoms with van der Waals surface area (Å²) in [6.45, 7) is -0.148. The van der Waals surface area contributed by atoms with Crippen LogP contribution in [-0.2, 0) is 26.7 Å². The highest BCUT2D eigenvalue weighted by Crippen LogP contribution is 2.44. The summed E-state index contributed by atoms with van der Waals surface area (Å²) in [5, 5.41) is 9.47. The Bertz CT molecular complexity index is 1580. The van der Waals surface area contributed by atoms with E-state index in [0.717, 1.165) is 24.6 Å². The molecule has 3 aromatic rings. The monoisotopic (exact) mass is 553 g/mol. The van der Waals surface area contributed by atoms with Gasteiger partial charge in [-0.1, -0.05) is 0 Å². The van der Waals surface area contributed by atoms with Gasteiger partial charge < -0.3 is 15.4 Å². The Morgan fingerprint density at radius 1 is 1.29 bits per heavy atom. The lowest BCUT2D eigenvalue weighted by Crippen LogP contribution is -2.56. The van der Waals surface area contributed by atoms with Crippen molar-refractivity contribution in [3.05, 3.63) is 58.9 Å². The van der Waals surface area contributed by atoms with Crippen LogP contribution in [0.2, 0.25) is 0 Å². The second-order valence-corrected chi connectivity index (χ2v) is 11.2. The molecule has 1 atom stereocenters. The van der Waals surface area contributed by atoms with Crippen molar-refractivity contribution in [1.82, 2.24) is 20.1 Å². The van der Waals surface area contributed by atoms with Crippen molar-refractivity contribution in [2.45, 2.75) is 24.9 Å². The molecule has 5 rings (SSSR count). The molecule has 0 fully saturated rings. The number of ether oxygens (including phenoxy) is 1. The second-order valence-electron chi connectivity index (χ2n) is 9.02. The number of anilines is 1. The van der Waals surface area contributed by atoms with Crippen molar-refractivity contribution in [3.8, 4) is 17.1 Å². The molecule has 4 heterocycles. The van der Waals surface area contributed by atoms with Crippen LogP contribution >= 0.6 is 0 Å². The van der Waals surface area contributed by atoms with Crippen LogP contribution in [-0.4, -0.2) is 53.6 Å². The highest BCUT2D eigenvalue weighted by molar-refractivity contribution is 7.91. The summed E-state index contributed by atoms with van der Waals surface area (Å²) < 4.78 is 84.7. The molecule has 0 bridgehead atoms. The quantitative estimate of drug-likeness (QED) is 0.464. The van der Waals surface area contributed by atoms with Crippen molar-refractivity contribution < 1.29 is 40.3 Å². The van der Waals surface area contributed by atoms with Crippen LogP contribution in [0.15, 0.2) is 30.5 Å². The average Bonchev–Trinajstić information content (AvgIpc) is 3.15. The zero-order valence-electron chi connectivity index (χ0n) is 19.6. The molecule has 2 aliphatic rings. The Morgan fingerprint density at radius 3 is 2.71 bits per heavy atom. The number of fused-ring (bicyclic) bond motifs is 3. The Balaban J connectivity index is 1.63. The van der Waals surface area contributed by atoms with Gasteiger partial charge in [-0.05, 0) is 12.1 Å². The maximum atomic E-state index is 15.0.